The third-order valence-corrected chi connectivity index (χ3v) is 4.68. The molecule has 1 amide bonds. The number of nitrogens with two attached hydrogens (primary N) is 1. The van der Waals surface area contributed by atoms with Crippen molar-refractivity contribution < 1.29 is 4.79 Å². The first-order chi connectivity index (χ1) is 10.6. The number of amides is 1. The summed E-state index contributed by atoms with van der Waals surface area (Å²) in [6.45, 7) is 13.4. The van der Waals surface area contributed by atoms with E-state index in [1.54, 1.807) is 21.6 Å². The fraction of sp³-hybridized carbons (Fsp3) is 0.588. The van der Waals surface area contributed by atoms with Crippen LogP contribution in [0.25, 0.3) is 0 Å². The minimum atomic E-state index is 0.00576. The summed E-state index contributed by atoms with van der Waals surface area (Å²) in [5.74, 6) is 1.86. The van der Waals surface area contributed by atoms with Crippen molar-refractivity contribution >= 4 is 27.5 Å². The van der Waals surface area contributed by atoms with Gasteiger partial charge in [0, 0.05) is 30.2 Å². The summed E-state index contributed by atoms with van der Waals surface area (Å²) in [6.07, 6.45) is 0. The van der Waals surface area contributed by atoms with Crippen LogP contribution in [-0.2, 0) is 0 Å². The van der Waals surface area contributed by atoms with Gasteiger partial charge in [-0.15, -0.1) is 0 Å². The zero-order valence-corrected chi connectivity index (χ0v) is 16.5. The van der Waals surface area contributed by atoms with Crippen molar-refractivity contribution in [1.82, 2.24) is 5.32 Å². The van der Waals surface area contributed by atoms with Crippen LogP contribution in [0.5, 0.6) is 0 Å². The minimum Gasteiger partial charge on any atom is -0.351 e. The Morgan fingerprint density at radius 2 is 1.50 bits per heavy atom. The lowest BCUT2D eigenvalue weighted by molar-refractivity contribution is 0.0956. The molecule has 0 aliphatic carbocycles. The molecule has 0 saturated heterocycles. The molecule has 0 heterocycles. The number of carbonyl (C=O) groups excluding carboxylic acids is 1. The van der Waals surface area contributed by atoms with Gasteiger partial charge in [0.2, 0.25) is 0 Å². The fourth-order valence-corrected chi connectivity index (χ4v) is 3.34. The number of nitrogens with one attached hydrogen (secondary N) is 1. The van der Waals surface area contributed by atoms with E-state index in [2.05, 4.69) is 11.4 Å². The standard InChI is InChI=1S/C13H20N2OS2.2C2H6/c1-10-7-11(2)9-12(8-10)13(16)15-4-6-18-17-5-3-14;2*1-2/h7-9H,3-6,14H2,1-2H3,(H,15,16);2*1-2H3. The largest absolute Gasteiger partial charge is 0.351 e. The van der Waals surface area contributed by atoms with Gasteiger partial charge in [-0.25, -0.2) is 0 Å². The van der Waals surface area contributed by atoms with Crippen LogP contribution in [0, 0.1) is 13.8 Å². The van der Waals surface area contributed by atoms with Crippen LogP contribution in [-0.4, -0.2) is 30.5 Å². The molecule has 0 atom stereocenters. The third-order valence-electron chi connectivity index (χ3n) is 2.24. The molecule has 1 aromatic rings. The van der Waals surface area contributed by atoms with E-state index < -0.39 is 0 Å². The number of rotatable bonds is 7. The van der Waals surface area contributed by atoms with Crippen molar-refractivity contribution in [2.45, 2.75) is 41.5 Å². The molecule has 0 unspecified atom stereocenters. The van der Waals surface area contributed by atoms with Crippen LogP contribution in [0.4, 0.5) is 0 Å². The summed E-state index contributed by atoms with van der Waals surface area (Å²) in [6, 6.07) is 5.90. The van der Waals surface area contributed by atoms with Crippen molar-refractivity contribution in [3.8, 4) is 0 Å². The first kappa shape index (κ1) is 23.6. The van der Waals surface area contributed by atoms with Crippen LogP contribution < -0.4 is 11.1 Å². The van der Waals surface area contributed by atoms with Crippen LogP contribution in [0.2, 0.25) is 0 Å². The van der Waals surface area contributed by atoms with Gasteiger partial charge in [0.1, 0.15) is 0 Å². The molecule has 1 rings (SSSR count). The molecular weight excluding hydrogens is 312 g/mol. The lowest BCUT2D eigenvalue weighted by atomic mass is 10.1. The number of benzene rings is 1. The summed E-state index contributed by atoms with van der Waals surface area (Å²) in [5, 5.41) is 2.93. The summed E-state index contributed by atoms with van der Waals surface area (Å²) >= 11 is 0. The number of aryl methyl sites for hydroxylation is 2. The van der Waals surface area contributed by atoms with E-state index >= 15 is 0 Å². The van der Waals surface area contributed by atoms with Crippen molar-refractivity contribution in [2.24, 2.45) is 5.73 Å². The minimum absolute atomic E-state index is 0.00576. The quantitative estimate of drug-likeness (QED) is 0.568. The second-order valence-corrected chi connectivity index (χ2v) is 6.77. The monoisotopic (exact) mass is 344 g/mol. The summed E-state index contributed by atoms with van der Waals surface area (Å²) < 4.78 is 0. The Labute approximate surface area is 144 Å². The van der Waals surface area contributed by atoms with Crippen molar-refractivity contribution in [2.75, 3.05) is 24.6 Å². The smallest absolute Gasteiger partial charge is 0.251 e. The molecular formula is C17H32N2OS2. The van der Waals surface area contributed by atoms with Crippen LogP contribution in [0.3, 0.4) is 0 Å². The fourth-order valence-electron chi connectivity index (χ4n) is 1.58. The Morgan fingerprint density at radius 1 is 1.00 bits per heavy atom. The maximum atomic E-state index is 11.9. The number of hydrogen-bond acceptors (Lipinski definition) is 4. The molecule has 5 heteroatoms. The molecule has 0 radical (unpaired) electrons. The van der Waals surface area contributed by atoms with Gasteiger partial charge in [0.25, 0.3) is 5.91 Å². The molecule has 0 bridgehead atoms. The first-order valence-corrected chi connectivity index (χ1v) is 10.4. The number of carbonyl (C=O) groups is 1. The van der Waals surface area contributed by atoms with E-state index in [0.717, 1.165) is 28.2 Å². The van der Waals surface area contributed by atoms with E-state index in [0.29, 0.717) is 13.1 Å². The van der Waals surface area contributed by atoms with E-state index in [4.69, 9.17) is 5.73 Å². The Hall–Kier alpha value is -0.650. The lowest BCUT2D eigenvalue weighted by Crippen LogP contribution is -2.25. The predicted octanol–water partition coefficient (Wildman–Crippen LogP) is 4.43. The van der Waals surface area contributed by atoms with E-state index in [1.165, 1.54) is 0 Å². The van der Waals surface area contributed by atoms with Gasteiger partial charge in [-0.3, -0.25) is 4.79 Å². The van der Waals surface area contributed by atoms with Gasteiger partial charge >= 0.3 is 0 Å². The molecule has 0 aliphatic rings. The molecule has 3 nitrogen and oxygen atoms in total. The zero-order chi connectivity index (χ0) is 17.4. The zero-order valence-electron chi connectivity index (χ0n) is 14.9. The highest BCUT2D eigenvalue weighted by Gasteiger charge is 2.05. The van der Waals surface area contributed by atoms with Crippen molar-refractivity contribution in [3.05, 3.63) is 34.9 Å². The van der Waals surface area contributed by atoms with Gasteiger partial charge in [-0.05, 0) is 26.0 Å². The van der Waals surface area contributed by atoms with E-state index in [-0.39, 0.29) is 5.91 Å². The molecule has 1 aromatic carbocycles. The Morgan fingerprint density at radius 3 is 2.00 bits per heavy atom. The summed E-state index contributed by atoms with van der Waals surface area (Å²) in [4.78, 5) is 11.9. The van der Waals surface area contributed by atoms with Crippen LogP contribution >= 0.6 is 21.6 Å². The Kier molecular flexibility index (Phi) is 17.9. The maximum absolute atomic E-state index is 11.9. The SMILES string of the molecule is CC.CC.Cc1cc(C)cc(C(=O)NCCSSCCN)c1. The Balaban J connectivity index is 0. The van der Waals surface area contributed by atoms with Gasteiger partial charge in [0.05, 0.1) is 0 Å². The van der Waals surface area contributed by atoms with Gasteiger partial charge in [0.15, 0.2) is 0 Å². The molecule has 128 valence electrons. The van der Waals surface area contributed by atoms with E-state index in [1.807, 2.05) is 53.7 Å². The van der Waals surface area contributed by atoms with Crippen LogP contribution in [0.1, 0.15) is 49.2 Å². The molecule has 0 saturated carbocycles. The number of hydrogen-bond donors (Lipinski definition) is 2. The molecule has 0 spiro atoms. The maximum Gasteiger partial charge on any atom is 0.251 e. The first-order valence-electron chi connectivity index (χ1n) is 7.94. The predicted molar refractivity (Wildman–Crippen MR) is 105 cm³/mol. The van der Waals surface area contributed by atoms with Gasteiger partial charge < -0.3 is 11.1 Å². The van der Waals surface area contributed by atoms with Crippen molar-refractivity contribution in [3.63, 3.8) is 0 Å². The molecule has 0 fully saturated rings. The van der Waals surface area contributed by atoms with Gasteiger partial charge in [-0.2, -0.15) is 0 Å². The normalized spacial score (nSPS) is 9.05. The topological polar surface area (TPSA) is 55.1 Å². The molecule has 0 aromatic heterocycles. The highest BCUT2D eigenvalue weighted by atomic mass is 33.1. The van der Waals surface area contributed by atoms with Crippen LogP contribution in [0.15, 0.2) is 18.2 Å². The van der Waals surface area contributed by atoms with Gasteiger partial charge in [-0.1, -0.05) is 66.5 Å². The lowest BCUT2D eigenvalue weighted by Gasteiger charge is -2.06. The Bertz CT molecular complexity index is 378. The highest BCUT2D eigenvalue weighted by Crippen LogP contribution is 2.19. The average Bonchev–Trinajstić information content (AvgIpc) is 2.53. The average molecular weight is 345 g/mol. The highest BCUT2D eigenvalue weighted by molar-refractivity contribution is 8.76. The molecule has 0 aliphatic heterocycles. The second kappa shape index (κ2) is 16.7. The second-order valence-electron chi connectivity index (χ2n) is 4.06. The third kappa shape index (κ3) is 12.0. The van der Waals surface area contributed by atoms with Crippen molar-refractivity contribution in [1.29, 1.82) is 0 Å². The summed E-state index contributed by atoms with van der Waals surface area (Å²) in [7, 11) is 3.49. The molecule has 22 heavy (non-hydrogen) atoms. The molecule has 3 N–H and O–H groups in total. The summed E-state index contributed by atoms with van der Waals surface area (Å²) in [5.41, 5.74) is 8.37. The van der Waals surface area contributed by atoms with E-state index in [9.17, 15) is 4.79 Å².